The fourth-order valence-corrected chi connectivity index (χ4v) is 3.81. The summed E-state index contributed by atoms with van der Waals surface area (Å²) < 4.78 is 29.9. The van der Waals surface area contributed by atoms with Gasteiger partial charge < -0.3 is 9.73 Å². The predicted molar refractivity (Wildman–Crippen MR) is 86.3 cm³/mol. The van der Waals surface area contributed by atoms with Gasteiger partial charge in [0.25, 0.3) is 5.91 Å². The molecule has 0 saturated heterocycles. The van der Waals surface area contributed by atoms with Gasteiger partial charge in [0.2, 0.25) is 10.0 Å². The van der Waals surface area contributed by atoms with Gasteiger partial charge in [0, 0.05) is 6.04 Å². The molecule has 7 heteroatoms. The van der Waals surface area contributed by atoms with Crippen LogP contribution in [0.15, 0.2) is 16.5 Å². The molecule has 0 radical (unpaired) electrons. The lowest BCUT2D eigenvalue weighted by atomic mass is 9.82. The van der Waals surface area contributed by atoms with Crippen LogP contribution in [0.3, 0.4) is 0 Å². The summed E-state index contributed by atoms with van der Waals surface area (Å²) in [6.07, 6.45) is 8.34. The van der Waals surface area contributed by atoms with Gasteiger partial charge in [-0.1, -0.05) is 12.8 Å². The topological polar surface area (TPSA) is 88.4 Å². The molecule has 2 saturated carbocycles. The molecule has 128 valence electrons. The number of sulfonamides is 1. The van der Waals surface area contributed by atoms with Crippen LogP contribution in [0, 0.1) is 11.8 Å². The minimum atomic E-state index is -3.27. The maximum atomic E-state index is 12.3. The van der Waals surface area contributed by atoms with Crippen LogP contribution in [0.25, 0.3) is 0 Å². The molecule has 1 aromatic rings. The van der Waals surface area contributed by atoms with Crippen molar-refractivity contribution in [1.29, 1.82) is 0 Å². The van der Waals surface area contributed by atoms with Crippen LogP contribution >= 0.6 is 0 Å². The summed E-state index contributed by atoms with van der Waals surface area (Å²) in [5.41, 5.74) is 0. The van der Waals surface area contributed by atoms with Gasteiger partial charge in [-0.15, -0.1) is 0 Å². The molecule has 2 unspecified atom stereocenters. The predicted octanol–water partition coefficient (Wildman–Crippen LogP) is 2.03. The molecular formula is C16H24N2O4S. The van der Waals surface area contributed by atoms with E-state index in [1.54, 1.807) is 12.1 Å². The van der Waals surface area contributed by atoms with Crippen molar-refractivity contribution in [1.82, 2.24) is 10.0 Å². The first-order valence-electron chi connectivity index (χ1n) is 8.25. The van der Waals surface area contributed by atoms with E-state index in [4.69, 9.17) is 4.42 Å². The molecule has 1 amide bonds. The average molecular weight is 340 g/mol. The SMILES string of the molecule is CS(=O)(=O)NCc1ccc(C(=O)NC2CCCC(C3CC3)C2)o1. The second-order valence-electron chi connectivity index (χ2n) is 6.79. The lowest BCUT2D eigenvalue weighted by molar-refractivity contribution is 0.0887. The number of hydrogen-bond donors (Lipinski definition) is 2. The molecule has 2 N–H and O–H groups in total. The van der Waals surface area contributed by atoms with Gasteiger partial charge in [0.1, 0.15) is 5.76 Å². The molecule has 2 fully saturated rings. The molecule has 0 aliphatic heterocycles. The number of rotatable bonds is 6. The van der Waals surface area contributed by atoms with Gasteiger partial charge >= 0.3 is 0 Å². The van der Waals surface area contributed by atoms with Crippen molar-refractivity contribution in [2.75, 3.05) is 6.26 Å². The Morgan fingerprint density at radius 3 is 2.70 bits per heavy atom. The molecule has 23 heavy (non-hydrogen) atoms. The van der Waals surface area contributed by atoms with Crippen molar-refractivity contribution in [3.05, 3.63) is 23.7 Å². The number of amides is 1. The molecule has 1 aromatic heterocycles. The lowest BCUT2D eigenvalue weighted by Gasteiger charge is -2.29. The van der Waals surface area contributed by atoms with Crippen molar-refractivity contribution in [2.24, 2.45) is 11.8 Å². The smallest absolute Gasteiger partial charge is 0.287 e. The Morgan fingerprint density at radius 1 is 1.22 bits per heavy atom. The maximum Gasteiger partial charge on any atom is 0.287 e. The van der Waals surface area contributed by atoms with E-state index in [1.165, 1.54) is 25.7 Å². The number of carbonyl (C=O) groups excluding carboxylic acids is 1. The Balaban J connectivity index is 1.52. The Morgan fingerprint density at radius 2 is 2.00 bits per heavy atom. The number of carbonyl (C=O) groups is 1. The largest absolute Gasteiger partial charge is 0.455 e. The first-order valence-corrected chi connectivity index (χ1v) is 10.1. The van der Waals surface area contributed by atoms with Crippen LogP contribution in [0.2, 0.25) is 0 Å². The van der Waals surface area contributed by atoms with Crippen molar-refractivity contribution < 1.29 is 17.6 Å². The summed E-state index contributed by atoms with van der Waals surface area (Å²) in [5.74, 6) is 2.10. The van der Waals surface area contributed by atoms with E-state index in [-0.39, 0.29) is 24.3 Å². The minimum Gasteiger partial charge on any atom is -0.455 e. The number of furan rings is 1. The van der Waals surface area contributed by atoms with Crippen LogP contribution in [0.1, 0.15) is 54.8 Å². The van der Waals surface area contributed by atoms with Gasteiger partial charge in [0.05, 0.1) is 12.8 Å². The Kier molecular flexibility index (Phi) is 4.77. The van der Waals surface area contributed by atoms with Gasteiger partial charge in [-0.25, -0.2) is 13.1 Å². The fourth-order valence-electron chi connectivity index (χ4n) is 3.41. The first-order chi connectivity index (χ1) is 10.9. The molecule has 0 spiro atoms. The quantitative estimate of drug-likeness (QED) is 0.829. The molecule has 6 nitrogen and oxygen atoms in total. The minimum absolute atomic E-state index is 0.0549. The van der Waals surface area contributed by atoms with Crippen molar-refractivity contribution in [2.45, 2.75) is 51.1 Å². The first kappa shape index (κ1) is 16.5. The fraction of sp³-hybridized carbons (Fsp3) is 0.688. The molecule has 0 bridgehead atoms. The zero-order valence-electron chi connectivity index (χ0n) is 13.4. The van der Waals surface area contributed by atoms with Crippen molar-refractivity contribution in [3.63, 3.8) is 0 Å². The third-order valence-electron chi connectivity index (χ3n) is 4.73. The molecule has 2 atom stereocenters. The molecule has 3 rings (SSSR count). The van der Waals surface area contributed by atoms with E-state index in [0.717, 1.165) is 30.9 Å². The Bertz CT molecular complexity index is 663. The standard InChI is InChI=1S/C16H24N2O4S/c1-23(20,21)17-10-14-7-8-15(22-14)16(19)18-13-4-2-3-12(9-13)11-5-6-11/h7-8,11-13,17H,2-6,9-10H2,1H3,(H,18,19). The second-order valence-corrected chi connectivity index (χ2v) is 8.63. The third-order valence-corrected chi connectivity index (χ3v) is 5.40. The average Bonchev–Trinajstić information content (AvgIpc) is 3.23. The summed E-state index contributed by atoms with van der Waals surface area (Å²) in [4.78, 5) is 12.3. The van der Waals surface area contributed by atoms with Crippen LogP contribution < -0.4 is 10.0 Å². The van der Waals surface area contributed by atoms with Crippen LogP contribution in [-0.2, 0) is 16.6 Å². The normalized spacial score (nSPS) is 25.3. The van der Waals surface area contributed by atoms with Crippen molar-refractivity contribution >= 4 is 15.9 Å². The highest BCUT2D eigenvalue weighted by Crippen LogP contribution is 2.43. The number of hydrogen-bond acceptors (Lipinski definition) is 4. The Labute approximate surface area is 137 Å². The van der Waals surface area contributed by atoms with Gasteiger partial charge in [-0.3, -0.25) is 4.79 Å². The molecule has 2 aliphatic rings. The Hall–Kier alpha value is -1.34. The van der Waals surface area contributed by atoms with Gasteiger partial charge in [-0.05, 0) is 49.7 Å². The van der Waals surface area contributed by atoms with Crippen LogP contribution in [0.4, 0.5) is 0 Å². The summed E-state index contributed by atoms with van der Waals surface area (Å²) in [7, 11) is -3.27. The maximum absolute atomic E-state index is 12.3. The van der Waals surface area contributed by atoms with Gasteiger partial charge in [0.15, 0.2) is 5.76 Å². The highest BCUT2D eigenvalue weighted by Gasteiger charge is 2.35. The van der Waals surface area contributed by atoms with Crippen LogP contribution in [-0.4, -0.2) is 26.6 Å². The summed E-state index contributed by atoms with van der Waals surface area (Å²) in [6.45, 7) is 0.0549. The monoisotopic (exact) mass is 340 g/mol. The van der Waals surface area contributed by atoms with E-state index >= 15 is 0 Å². The van der Waals surface area contributed by atoms with E-state index in [9.17, 15) is 13.2 Å². The third kappa shape index (κ3) is 4.81. The highest BCUT2D eigenvalue weighted by molar-refractivity contribution is 7.88. The molecular weight excluding hydrogens is 316 g/mol. The molecule has 0 aromatic carbocycles. The lowest BCUT2D eigenvalue weighted by Crippen LogP contribution is -2.38. The zero-order valence-corrected chi connectivity index (χ0v) is 14.2. The van der Waals surface area contributed by atoms with E-state index in [0.29, 0.717) is 5.76 Å². The summed E-state index contributed by atoms with van der Waals surface area (Å²) in [6, 6.07) is 3.45. The second kappa shape index (κ2) is 6.65. The number of nitrogens with one attached hydrogen (secondary N) is 2. The molecule has 1 heterocycles. The zero-order chi connectivity index (χ0) is 16.4. The van der Waals surface area contributed by atoms with E-state index in [1.807, 2.05) is 0 Å². The van der Waals surface area contributed by atoms with E-state index < -0.39 is 10.0 Å². The van der Waals surface area contributed by atoms with E-state index in [2.05, 4.69) is 10.0 Å². The van der Waals surface area contributed by atoms with Crippen LogP contribution in [0.5, 0.6) is 0 Å². The summed E-state index contributed by atoms with van der Waals surface area (Å²) >= 11 is 0. The van der Waals surface area contributed by atoms with Gasteiger partial charge in [-0.2, -0.15) is 0 Å². The molecule has 2 aliphatic carbocycles. The summed E-state index contributed by atoms with van der Waals surface area (Å²) in [5, 5.41) is 3.06. The highest BCUT2D eigenvalue weighted by atomic mass is 32.2. The van der Waals surface area contributed by atoms with Crippen molar-refractivity contribution in [3.8, 4) is 0 Å².